The van der Waals surface area contributed by atoms with E-state index in [2.05, 4.69) is 28.2 Å². The van der Waals surface area contributed by atoms with E-state index in [1.165, 1.54) is 5.56 Å². The molecule has 1 fully saturated rings. The summed E-state index contributed by atoms with van der Waals surface area (Å²) in [6.45, 7) is 4.34. The number of aryl methyl sites for hydroxylation is 1. The van der Waals surface area contributed by atoms with Crippen LogP contribution in [0.15, 0.2) is 28.7 Å². The van der Waals surface area contributed by atoms with E-state index in [0.717, 1.165) is 24.1 Å². The first-order valence-corrected chi connectivity index (χ1v) is 6.96. The lowest BCUT2D eigenvalue weighted by Gasteiger charge is -2.38. The van der Waals surface area contributed by atoms with Crippen LogP contribution in [-0.4, -0.2) is 25.7 Å². The summed E-state index contributed by atoms with van der Waals surface area (Å²) in [5.74, 6) is 0.114. The maximum Gasteiger partial charge on any atom is 0.220 e. The highest BCUT2D eigenvalue weighted by Gasteiger charge is 2.33. The Labute approximate surface area is 116 Å². The molecule has 0 unspecified atom stereocenters. The SMILES string of the molecule is CC1(CNC(=O)CCc2cccc(Br)c2)COC1. The van der Waals surface area contributed by atoms with Crippen LogP contribution in [0.1, 0.15) is 18.9 Å². The average Bonchev–Trinajstić information content (AvgIpc) is 2.31. The van der Waals surface area contributed by atoms with Crippen molar-refractivity contribution in [2.45, 2.75) is 19.8 Å². The van der Waals surface area contributed by atoms with Crippen molar-refractivity contribution in [2.24, 2.45) is 5.41 Å². The summed E-state index contributed by atoms with van der Waals surface area (Å²) in [7, 11) is 0. The number of amides is 1. The van der Waals surface area contributed by atoms with E-state index < -0.39 is 0 Å². The molecule has 0 bridgehead atoms. The van der Waals surface area contributed by atoms with Gasteiger partial charge in [0.25, 0.3) is 0 Å². The van der Waals surface area contributed by atoms with Gasteiger partial charge in [0, 0.05) is 22.9 Å². The van der Waals surface area contributed by atoms with Gasteiger partial charge in [-0.2, -0.15) is 0 Å². The highest BCUT2D eigenvalue weighted by Crippen LogP contribution is 2.25. The first-order chi connectivity index (χ1) is 8.57. The van der Waals surface area contributed by atoms with Gasteiger partial charge in [-0.3, -0.25) is 4.79 Å². The first kappa shape index (κ1) is 13.6. The molecule has 1 saturated heterocycles. The maximum absolute atomic E-state index is 11.7. The molecule has 0 aliphatic carbocycles. The summed E-state index contributed by atoms with van der Waals surface area (Å²) < 4.78 is 6.21. The Morgan fingerprint density at radius 2 is 2.28 bits per heavy atom. The second kappa shape index (κ2) is 5.85. The smallest absolute Gasteiger partial charge is 0.220 e. The van der Waals surface area contributed by atoms with Gasteiger partial charge in [-0.25, -0.2) is 0 Å². The minimum Gasteiger partial charge on any atom is -0.380 e. The van der Waals surface area contributed by atoms with Gasteiger partial charge < -0.3 is 10.1 Å². The fraction of sp³-hybridized carbons (Fsp3) is 0.500. The zero-order chi connectivity index (χ0) is 13.0. The summed E-state index contributed by atoms with van der Waals surface area (Å²) in [6, 6.07) is 8.07. The summed E-state index contributed by atoms with van der Waals surface area (Å²) in [5.41, 5.74) is 1.32. The predicted octanol–water partition coefficient (Wildman–Crippen LogP) is 2.53. The Morgan fingerprint density at radius 3 is 2.89 bits per heavy atom. The normalized spacial score (nSPS) is 17.0. The molecule has 0 radical (unpaired) electrons. The first-order valence-electron chi connectivity index (χ1n) is 6.16. The van der Waals surface area contributed by atoms with Crippen LogP contribution >= 0.6 is 15.9 Å². The van der Waals surface area contributed by atoms with E-state index in [0.29, 0.717) is 13.0 Å². The third-order valence-corrected chi connectivity index (χ3v) is 3.64. The molecule has 4 heteroatoms. The Bertz CT molecular complexity index is 430. The van der Waals surface area contributed by atoms with Crippen molar-refractivity contribution in [1.29, 1.82) is 0 Å². The molecule has 2 rings (SSSR count). The third-order valence-electron chi connectivity index (χ3n) is 3.14. The number of nitrogens with one attached hydrogen (secondary N) is 1. The number of ether oxygens (including phenoxy) is 1. The minimum atomic E-state index is 0.114. The zero-order valence-corrected chi connectivity index (χ0v) is 12.1. The van der Waals surface area contributed by atoms with Crippen LogP contribution in [0.2, 0.25) is 0 Å². The second-order valence-corrected chi connectivity index (χ2v) is 6.13. The molecule has 1 aliphatic rings. The zero-order valence-electron chi connectivity index (χ0n) is 10.5. The molecule has 3 nitrogen and oxygen atoms in total. The Morgan fingerprint density at radius 1 is 1.50 bits per heavy atom. The molecular formula is C14H18BrNO2. The van der Waals surface area contributed by atoms with Crippen molar-refractivity contribution in [1.82, 2.24) is 5.32 Å². The van der Waals surface area contributed by atoms with Crippen molar-refractivity contribution in [3.05, 3.63) is 34.3 Å². The van der Waals surface area contributed by atoms with E-state index in [4.69, 9.17) is 4.74 Å². The lowest BCUT2D eigenvalue weighted by atomic mass is 9.89. The third kappa shape index (κ3) is 3.82. The summed E-state index contributed by atoms with van der Waals surface area (Å²) in [5, 5.41) is 2.98. The van der Waals surface area contributed by atoms with Crippen molar-refractivity contribution < 1.29 is 9.53 Å². The quantitative estimate of drug-likeness (QED) is 0.907. The summed E-state index contributed by atoms with van der Waals surface area (Å²) in [6.07, 6.45) is 1.31. The van der Waals surface area contributed by atoms with Gasteiger partial charge in [0.15, 0.2) is 0 Å². The van der Waals surface area contributed by atoms with Crippen LogP contribution in [0.4, 0.5) is 0 Å². The van der Waals surface area contributed by atoms with Crippen LogP contribution in [-0.2, 0) is 16.0 Å². The highest BCUT2D eigenvalue weighted by atomic mass is 79.9. The molecule has 18 heavy (non-hydrogen) atoms. The number of hydrogen-bond donors (Lipinski definition) is 1. The van der Waals surface area contributed by atoms with Crippen LogP contribution in [0.3, 0.4) is 0 Å². The molecule has 0 aromatic heterocycles. The number of rotatable bonds is 5. The van der Waals surface area contributed by atoms with Crippen molar-refractivity contribution in [3.63, 3.8) is 0 Å². The van der Waals surface area contributed by atoms with E-state index in [-0.39, 0.29) is 11.3 Å². The molecule has 0 atom stereocenters. The van der Waals surface area contributed by atoms with Gasteiger partial charge in [0.1, 0.15) is 0 Å². The maximum atomic E-state index is 11.7. The van der Waals surface area contributed by atoms with Gasteiger partial charge in [0.05, 0.1) is 13.2 Å². The van der Waals surface area contributed by atoms with Crippen LogP contribution in [0, 0.1) is 5.41 Å². The number of halogens is 1. The van der Waals surface area contributed by atoms with Crippen molar-refractivity contribution >= 4 is 21.8 Å². The van der Waals surface area contributed by atoms with E-state index in [9.17, 15) is 4.79 Å². The van der Waals surface area contributed by atoms with Gasteiger partial charge >= 0.3 is 0 Å². The lowest BCUT2D eigenvalue weighted by molar-refractivity contribution is -0.126. The number of carbonyl (C=O) groups is 1. The molecule has 1 N–H and O–H groups in total. The van der Waals surface area contributed by atoms with Crippen molar-refractivity contribution in [3.8, 4) is 0 Å². The van der Waals surface area contributed by atoms with Gasteiger partial charge in [-0.1, -0.05) is 35.0 Å². The molecule has 1 aromatic carbocycles. The van der Waals surface area contributed by atoms with Crippen molar-refractivity contribution in [2.75, 3.05) is 19.8 Å². The minimum absolute atomic E-state index is 0.114. The highest BCUT2D eigenvalue weighted by molar-refractivity contribution is 9.10. The van der Waals surface area contributed by atoms with Crippen LogP contribution < -0.4 is 5.32 Å². The largest absolute Gasteiger partial charge is 0.380 e. The number of carbonyl (C=O) groups excluding carboxylic acids is 1. The fourth-order valence-electron chi connectivity index (χ4n) is 1.90. The number of hydrogen-bond acceptors (Lipinski definition) is 2. The fourth-order valence-corrected chi connectivity index (χ4v) is 2.35. The monoisotopic (exact) mass is 311 g/mol. The molecule has 1 aromatic rings. The predicted molar refractivity (Wildman–Crippen MR) is 74.4 cm³/mol. The van der Waals surface area contributed by atoms with E-state index in [1.54, 1.807) is 0 Å². The summed E-state index contributed by atoms with van der Waals surface area (Å²) >= 11 is 3.43. The van der Waals surface area contributed by atoms with Gasteiger partial charge in [0.2, 0.25) is 5.91 Å². The van der Waals surface area contributed by atoms with Crippen LogP contribution in [0.25, 0.3) is 0 Å². The average molecular weight is 312 g/mol. The van der Waals surface area contributed by atoms with Crippen LogP contribution in [0.5, 0.6) is 0 Å². The Balaban J connectivity index is 1.71. The lowest BCUT2D eigenvalue weighted by Crippen LogP contribution is -2.48. The molecule has 1 amide bonds. The standard InChI is InChI=1S/C14H18BrNO2/c1-14(9-18-10-14)8-16-13(17)6-5-11-3-2-4-12(15)7-11/h2-4,7H,5-6,8-10H2,1H3,(H,16,17). The van der Waals surface area contributed by atoms with Gasteiger partial charge in [-0.15, -0.1) is 0 Å². The molecule has 1 aliphatic heterocycles. The summed E-state index contributed by atoms with van der Waals surface area (Å²) in [4.78, 5) is 11.7. The molecule has 1 heterocycles. The molecule has 98 valence electrons. The Kier molecular flexibility index (Phi) is 4.40. The molecule has 0 spiro atoms. The van der Waals surface area contributed by atoms with E-state index >= 15 is 0 Å². The number of benzene rings is 1. The topological polar surface area (TPSA) is 38.3 Å². The van der Waals surface area contributed by atoms with E-state index in [1.807, 2.05) is 24.3 Å². The second-order valence-electron chi connectivity index (χ2n) is 5.21. The Hall–Kier alpha value is -0.870. The molecular weight excluding hydrogens is 294 g/mol. The van der Waals surface area contributed by atoms with Gasteiger partial charge in [-0.05, 0) is 24.1 Å². The molecule has 0 saturated carbocycles.